The van der Waals surface area contributed by atoms with Crippen LogP contribution in [0.15, 0.2) is 47.5 Å². The summed E-state index contributed by atoms with van der Waals surface area (Å²) in [7, 11) is -3.33. The third-order valence-corrected chi connectivity index (χ3v) is 8.93. The molecule has 0 bridgehead atoms. The molecule has 3 aliphatic rings. The minimum Gasteiger partial charge on any atom is -0.365 e. The molecule has 1 aromatic carbocycles. The van der Waals surface area contributed by atoms with Crippen LogP contribution in [-0.2, 0) is 26.5 Å². The zero-order chi connectivity index (χ0) is 23.5. The number of hydrogen-bond donors (Lipinski definition) is 0. The Labute approximate surface area is 198 Å². The molecule has 0 amide bonds. The van der Waals surface area contributed by atoms with Gasteiger partial charge >= 0.3 is 0 Å². The van der Waals surface area contributed by atoms with E-state index in [-0.39, 0.29) is 10.4 Å². The fraction of sp³-hybridized carbons (Fsp3) is 0.542. The largest absolute Gasteiger partial charge is 0.365 e. The Morgan fingerprint density at radius 2 is 1.88 bits per heavy atom. The smallest absolute Gasteiger partial charge is 0.297 e. The summed E-state index contributed by atoms with van der Waals surface area (Å²) in [6.07, 6.45) is 4.99. The molecule has 178 valence electrons. The van der Waals surface area contributed by atoms with Gasteiger partial charge < -0.3 is 4.74 Å². The highest BCUT2D eigenvalue weighted by atomic mass is 35.5. The van der Waals surface area contributed by atoms with Gasteiger partial charge in [0.1, 0.15) is 12.7 Å². The molecule has 2 aliphatic heterocycles. The molecule has 0 radical (unpaired) electrons. The van der Waals surface area contributed by atoms with Gasteiger partial charge in [-0.25, -0.2) is 17.2 Å². The first-order chi connectivity index (χ1) is 15.5. The molecule has 5 nitrogen and oxygen atoms in total. The van der Waals surface area contributed by atoms with E-state index in [4.69, 9.17) is 16.3 Å². The zero-order valence-corrected chi connectivity index (χ0v) is 20.0. The first-order valence-corrected chi connectivity index (χ1v) is 13.5. The number of halogens is 3. The number of hydrogen-bond acceptors (Lipinski definition) is 5. The first kappa shape index (κ1) is 23.1. The Morgan fingerprint density at radius 1 is 1.15 bits per heavy atom. The van der Waals surface area contributed by atoms with Crippen LogP contribution in [0.1, 0.15) is 36.9 Å². The van der Waals surface area contributed by atoms with E-state index in [9.17, 15) is 17.2 Å². The summed E-state index contributed by atoms with van der Waals surface area (Å²) in [5.74, 6) is -2.83. The van der Waals surface area contributed by atoms with Crippen molar-refractivity contribution >= 4 is 21.4 Å². The van der Waals surface area contributed by atoms with Gasteiger partial charge in [-0.05, 0) is 68.5 Å². The first-order valence-electron chi connectivity index (χ1n) is 11.2. The molecule has 0 spiro atoms. The van der Waals surface area contributed by atoms with Crippen LogP contribution in [0.4, 0.5) is 8.78 Å². The third-order valence-electron chi connectivity index (χ3n) is 7.58. The van der Waals surface area contributed by atoms with E-state index in [1.165, 1.54) is 17.8 Å². The number of benzene rings is 1. The van der Waals surface area contributed by atoms with Crippen molar-refractivity contribution in [2.75, 3.05) is 26.0 Å². The summed E-state index contributed by atoms with van der Waals surface area (Å²) >= 11 is 6.07. The van der Waals surface area contributed by atoms with Crippen LogP contribution in [0.2, 0.25) is 5.02 Å². The second-order valence-corrected chi connectivity index (χ2v) is 12.2. The fourth-order valence-corrected chi connectivity index (χ4v) is 6.23. The normalized spacial score (nSPS) is 28.4. The van der Waals surface area contributed by atoms with Crippen molar-refractivity contribution in [1.29, 1.82) is 0 Å². The fourth-order valence-electron chi connectivity index (χ4n) is 5.55. The van der Waals surface area contributed by atoms with E-state index in [0.717, 1.165) is 25.6 Å². The van der Waals surface area contributed by atoms with Gasteiger partial charge in [0, 0.05) is 40.7 Å². The standard InChI is InChI=1S/C24H27ClF2N2O3S/c1-33(30,31)20-7-6-19(28-14-20)8-9-22(21-24(26,27)16-32-21)12-13-29(15-22)23(10-11-23)17-2-4-18(25)5-3-17/h2-7,14,21H,8-13,15-16H2,1H3/t21?,22-/m1/s1. The predicted octanol–water partition coefficient (Wildman–Crippen LogP) is 4.49. The number of nitrogens with zero attached hydrogens (tertiary/aromatic N) is 2. The van der Waals surface area contributed by atoms with Gasteiger partial charge in [-0.15, -0.1) is 0 Å². The van der Waals surface area contributed by atoms with Crippen molar-refractivity contribution in [1.82, 2.24) is 9.88 Å². The van der Waals surface area contributed by atoms with Gasteiger partial charge in [-0.2, -0.15) is 0 Å². The molecule has 0 N–H and O–H groups in total. The quantitative estimate of drug-likeness (QED) is 0.565. The number of aryl methyl sites for hydroxylation is 1. The summed E-state index contributed by atoms with van der Waals surface area (Å²) < 4.78 is 58.0. The van der Waals surface area contributed by atoms with E-state index < -0.39 is 33.9 Å². The zero-order valence-electron chi connectivity index (χ0n) is 18.4. The van der Waals surface area contributed by atoms with Gasteiger partial charge in [-0.1, -0.05) is 23.7 Å². The van der Waals surface area contributed by atoms with E-state index in [0.29, 0.717) is 36.5 Å². The van der Waals surface area contributed by atoms with Crippen LogP contribution in [-0.4, -0.2) is 56.3 Å². The lowest BCUT2D eigenvalue weighted by atomic mass is 9.72. The Balaban J connectivity index is 1.36. The van der Waals surface area contributed by atoms with Crippen LogP contribution in [0, 0.1) is 5.41 Å². The summed E-state index contributed by atoms with van der Waals surface area (Å²) in [4.78, 5) is 6.79. The van der Waals surface area contributed by atoms with Gasteiger partial charge in [0.15, 0.2) is 9.84 Å². The Morgan fingerprint density at radius 3 is 2.39 bits per heavy atom. The van der Waals surface area contributed by atoms with E-state index in [1.54, 1.807) is 6.07 Å². The van der Waals surface area contributed by atoms with Crippen molar-refractivity contribution < 1.29 is 21.9 Å². The third kappa shape index (κ3) is 4.20. The minimum atomic E-state index is -3.33. The Hall–Kier alpha value is -1.61. The summed E-state index contributed by atoms with van der Waals surface area (Å²) in [6, 6.07) is 11.0. The molecule has 33 heavy (non-hydrogen) atoms. The highest BCUT2D eigenvalue weighted by Gasteiger charge is 2.64. The van der Waals surface area contributed by atoms with Crippen LogP contribution >= 0.6 is 11.6 Å². The van der Waals surface area contributed by atoms with E-state index in [1.807, 2.05) is 24.3 Å². The maximum atomic E-state index is 14.6. The summed E-state index contributed by atoms with van der Waals surface area (Å²) in [6.45, 7) is 0.749. The highest BCUT2D eigenvalue weighted by molar-refractivity contribution is 7.90. The van der Waals surface area contributed by atoms with E-state index >= 15 is 0 Å². The molecule has 1 aromatic heterocycles. The van der Waals surface area contributed by atoms with Crippen LogP contribution in [0.25, 0.3) is 0 Å². The summed E-state index contributed by atoms with van der Waals surface area (Å²) in [5, 5.41) is 0.683. The number of likely N-dealkylation sites (tertiary alicyclic amines) is 1. The number of alkyl halides is 2. The molecular weight excluding hydrogens is 470 g/mol. The van der Waals surface area contributed by atoms with Gasteiger partial charge in [-0.3, -0.25) is 9.88 Å². The van der Waals surface area contributed by atoms with Crippen LogP contribution in [0.3, 0.4) is 0 Å². The molecule has 9 heteroatoms. The second-order valence-electron chi connectivity index (χ2n) is 9.78. The van der Waals surface area contributed by atoms with Crippen molar-refractivity contribution in [3.63, 3.8) is 0 Å². The monoisotopic (exact) mass is 496 g/mol. The molecule has 2 aromatic rings. The lowest BCUT2D eigenvalue weighted by Gasteiger charge is -2.48. The molecule has 3 fully saturated rings. The van der Waals surface area contributed by atoms with Gasteiger partial charge in [0.05, 0.1) is 4.90 Å². The number of rotatable bonds is 7. The molecule has 3 heterocycles. The number of pyridine rings is 1. The second kappa shape index (κ2) is 7.97. The number of sulfone groups is 1. The molecule has 2 atom stereocenters. The lowest BCUT2D eigenvalue weighted by molar-refractivity contribution is -0.301. The Bertz CT molecular complexity index is 1140. The number of aromatic nitrogens is 1. The van der Waals surface area contributed by atoms with E-state index in [2.05, 4.69) is 9.88 Å². The highest BCUT2D eigenvalue weighted by Crippen LogP contribution is 2.58. The molecule has 1 saturated carbocycles. The molecule has 1 aliphatic carbocycles. The molecule has 2 saturated heterocycles. The average Bonchev–Trinajstić information content (AvgIpc) is 3.46. The SMILES string of the molecule is CS(=O)(=O)c1ccc(CC[C@@]2(C3OCC3(F)F)CCN(C3(c4ccc(Cl)cc4)CC3)C2)nc1. The lowest BCUT2D eigenvalue weighted by Crippen LogP contribution is -2.61. The molecular formula is C24H27ClF2N2O3S. The average molecular weight is 497 g/mol. The van der Waals surface area contributed by atoms with Crippen LogP contribution in [0.5, 0.6) is 0 Å². The van der Waals surface area contributed by atoms with Crippen molar-refractivity contribution in [2.24, 2.45) is 5.41 Å². The van der Waals surface area contributed by atoms with Gasteiger partial charge in [0.25, 0.3) is 5.92 Å². The summed E-state index contributed by atoms with van der Waals surface area (Å²) in [5.41, 5.74) is 1.09. The Kier molecular flexibility index (Phi) is 5.59. The van der Waals surface area contributed by atoms with Crippen molar-refractivity contribution in [2.45, 2.75) is 54.6 Å². The van der Waals surface area contributed by atoms with Crippen LogP contribution < -0.4 is 0 Å². The minimum absolute atomic E-state index is 0.110. The van der Waals surface area contributed by atoms with Gasteiger partial charge in [0.2, 0.25) is 0 Å². The van der Waals surface area contributed by atoms with Crippen molar-refractivity contribution in [3.05, 3.63) is 58.9 Å². The maximum absolute atomic E-state index is 14.6. The van der Waals surface area contributed by atoms with Crippen molar-refractivity contribution in [3.8, 4) is 0 Å². The topological polar surface area (TPSA) is 59.5 Å². The number of ether oxygens (including phenoxy) is 1. The maximum Gasteiger partial charge on any atom is 0.297 e. The molecule has 5 rings (SSSR count). The molecule has 1 unspecified atom stereocenters. The predicted molar refractivity (Wildman–Crippen MR) is 121 cm³/mol.